The summed E-state index contributed by atoms with van der Waals surface area (Å²) < 4.78 is 16.6. The fourth-order valence-corrected chi connectivity index (χ4v) is 2.44. The molecule has 0 radical (unpaired) electrons. The predicted molar refractivity (Wildman–Crippen MR) is 76.0 cm³/mol. The number of hydrogen-bond acceptors (Lipinski definition) is 3. The van der Waals surface area contributed by atoms with E-state index in [-0.39, 0.29) is 11.4 Å². The van der Waals surface area contributed by atoms with Crippen molar-refractivity contribution in [3.05, 3.63) is 56.9 Å². The monoisotopic (exact) mass is 336 g/mol. The molecule has 20 heavy (non-hydrogen) atoms. The fourth-order valence-electron chi connectivity index (χ4n) is 2.01. The second kappa shape index (κ2) is 4.82. The normalized spacial score (nSPS) is 11.2. The molecule has 0 aliphatic carbocycles. The smallest absolute Gasteiger partial charge is 0.264 e. The van der Waals surface area contributed by atoms with Crippen LogP contribution in [0.15, 0.2) is 40.0 Å². The summed E-state index contributed by atoms with van der Waals surface area (Å²) in [7, 11) is 1.73. The Morgan fingerprint density at radius 2 is 2.20 bits per heavy atom. The number of benzene rings is 1. The van der Waals surface area contributed by atoms with Crippen molar-refractivity contribution in [2.24, 2.45) is 7.05 Å². The largest absolute Gasteiger partial charge is 0.294 e. The zero-order chi connectivity index (χ0) is 14.3. The van der Waals surface area contributed by atoms with E-state index < -0.39 is 0 Å². The van der Waals surface area contributed by atoms with Gasteiger partial charge in [-0.3, -0.25) is 14.0 Å². The Labute approximate surface area is 121 Å². The lowest BCUT2D eigenvalue weighted by atomic mass is 10.2. The zero-order valence-corrected chi connectivity index (χ0v) is 12.1. The molecule has 0 bridgehead atoms. The Hall–Kier alpha value is -2.02. The zero-order valence-electron chi connectivity index (χ0n) is 10.5. The average molecular weight is 337 g/mol. The van der Waals surface area contributed by atoms with Crippen LogP contribution in [0.3, 0.4) is 0 Å². The lowest BCUT2D eigenvalue weighted by molar-refractivity contribution is 0.619. The summed E-state index contributed by atoms with van der Waals surface area (Å²) in [6.07, 6.45) is 2.98. The number of nitrogens with zero attached hydrogens (tertiary/aromatic N) is 4. The van der Waals surface area contributed by atoms with Gasteiger partial charge in [0.05, 0.1) is 17.2 Å². The average Bonchev–Trinajstić information content (AvgIpc) is 2.80. The van der Waals surface area contributed by atoms with Crippen molar-refractivity contribution in [1.82, 2.24) is 19.3 Å². The molecule has 0 atom stereocenters. The fraction of sp³-hybridized carbons (Fsp3) is 0.154. The van der Waals surface area contributed by atoms with Crippen LogP contribution in [-0.4, -0.2) is 19.3 Å². The van der Waals surface area contributed by atoms with Crippen LogP contribution >= 0.6 is 15.9 Å². The van der Waals surface area contributed by atoms with Crippen LogP contribution in [0.4, 0.5) is 4.39 Å². The second-order valence-electron chi connectivity index (χ2n) is 4.43. The van der Waals surface area contributed by atoms with Crippen molar-refractivity contribution in [1.29, 1.82) is 0 Å². The molecule has 0 unspecified atom stereocenters. The summed E-state index contributed by atoms with van der Waals surface area (Å²) in [5.41, 5.74) is 1.19. The molecule has 0 spiro atoms. The van der Waals surface area contributed by atoms with Gasteiger partial charge in [-0.05, 0) is 33.6 Å². The third kappa shape index (κ3) is 2.14. The predicted octanol–water partition coefficient (Wildman–Crippen LogP) is 2.08. The standard InChI is InChI=1S/C13H10BrFN4O/c1-18-12-9(5-17-18)13(20)19(7-16-12)6-8-2-3-11(15)10(14)4-8/h2-5,7H,6H2,1H3. The molecule has 0 N–H and O–H groups in total. The van der Waals surface area contributed by atoms with Crippen LogP contribution in [0.2, 0.25) is 0 Å². The first kappa shape index (κ1) is 13.0. The molecule has 0 saturated carbocycles. The molecule has 0 aliphatic rings. The van der Waals surface area contributed by atoms with Gasteiger partial charge in [-0.15, -0.1) is 0 Å². The summed E-state index contributed by atoms with van der Waals surface area (Å²) in [6.45, 7) is 0.329. The van der Waals surface area contributed by atoms with Gasteiger partial charge in [-0.2, -0.15) is 5.10 Å². The maximum Gasteiger partial charge on any atom is 0.264 e. The SMILES string of the molecule is Cn1ncc2c(=O)n(Cc3ccc(F)c(Br)c3)cnc21. The Morgan fingerprint density at radius 1 is 1.40 bits per heavy atom. The molecule has 2 aromatic heterocycles. The molecule has 7 heteroatoms. The van der Waals surface area contributed by atoms with E-state index in [1.54, 1.807) is 23.9 Å². The molecule has 2 heterocycles. The summed E-state index contributed by atoms with van der Waals surface area (Å²) >= 11 is 3.13. The topological polar surface area (TPSA) is 52.7 Å². The van der Waals surface area contributed by atoms with Gasteiger partial charge in [0, 0.05) is 7.05 Å². The lowest BCUT2D eigenvalue weighted by Crippen LogP contribution is -2.21. The van der Waals surface area contributed by atoms with Crippen LogP contribution < -0.4 is 5.56 Å². The Bertz CT molecular complexity index is 855. The van der Waals surface area contributed by atoms with Gasteiger partial charge in [0.25, 0.3) is 5.56 Å². The van der Waals surface area contributed by atoms with Gasteiger partial charge in [0.15, 0.2) is 5.65 Å². The quantitative estimate of drug-likeness (QED) is 0.720. The second-order valence-corrected chi connectivity index (χ2v) is 5.29. The number of aromatic nitrogens is 4. The highest BCUT2D eigenvalue weighted by molar-refractivity contribution is 9.10. The van der Waals surface area contributed by atoms with Gasteiger partial charge in [0.1, 0.15) is 17.5 Å². The number of aryl methyl sites for hydroxylation is 1. The van der Waals surface area contributed by atoms with Crippen LogP contribution in [0, 0.1) is 5.82 Å². The first-order chi connectivity index (χ1) is 9.56. The van der Waals surface area contributed by atoms with Crippen molar-refractivity contribution in [2.75, 3.05) is 0 Å². The highest BCUT2D eigenvalue weighted by atomic mass is 79.9. The van der Waals surface area contributed by atoms with Crippen LogP contribution in [0.5, 0.6) is 0 Å². The highest BCUT2D eigenvalue weighted by Crippen LogP contribution is 2.17. The summed E-state index contributed by atoms with van der Waals surface area (Å²) in [4.78, 5) is 16.5. The van der Waals surface area contributed by atoms with Gasteiger partial charge in [-0.1, -0.05) is 6.07 Å². The first-order valence-electron chi connectivity index (χ1n) is 5.87. The van der Waals surface area contributed by atoms with Gasteiger partial charge >= 0.3 is 0 Å². The Kier molecular flexibility index (Phi) is 3.13. The minimum atomic E-state index is -0.332. The van der Waals surface area contributed by atoms with E-state index in [4.69, 9.17) is 0 Å². The molecule has 0 aliphatic heterocycles. The number of rotatable bonds is 2. The van der Waals surface area contributed by atoms with E-state index in [2.05, 4.69) is 26.0 Å². The molecular formula is C13H10BrFN4O. The van der Waals surface area contributed by atoms with E-state index >= 15 is 0 Å². The van der Waals surface area contributed by atoms with Crippen molar-refractivity contribution in [3.63, 3.8) is 0 Å². The molecule has 0 amide bonds. The molecule has 5 nitrogen and oxygen atoms in total. The lowest BCUT2D eigenvalue weighted by Gasteiger charge is -2.06. The maximum atomic E-state index is 13.2. The Morgan fingerprint density at radius 3 is 2.95 bits per heavy atom. The van der Waals surface area contributed by atoms with E-state index in [9.17, 15) is 9.18 Å². The molecule has 3 aromatic rings. The third-order valence-electron chi connectivity index (χ3n) is 3.06. The molecular weight excluding hydrogens is 327 g/mol. The van der Waals surface area contributed by atoms with E-state index in [1.807, 2.05) is 0 Å². The van der Waals surface area contributed by atoms with Crippen LogP contribution in [0.1, 0.15) is 5.56 Å². The molecule has 1 aromatic carbocycles. The summed E-state index contributed by atoms with van der Waals surface area (Å²) in [6, 6.07) is 4.65. The third-order valence-corrected chi connectivity index (χ3v) is 3.66. The molecule has 0 saturated heterocycles. The molecule has 102 valence electrons. The number of halogens is 2. The first-order valence-corrected chi connectivity index (χ1v) is 6.66. The van der Waals surface area contributed by atoms with E-state index in [0.717, 1.165) is 5.56 Å². The molecule has 0 fully saturated rings. The highest BCUT2D eigenvalue weighted by Gasteiger charge is 2.09. The summed E-state index contributed by atoms with van der Waals surface area (Å²) in [5.74, 6) is -0.332. The van der Waals surface area contributed by atoms with Gasteiger partial charge in [-0.25, -0.2) is 9.37 Å². The van der Waals surface area contributed by atoms with Crippen LogP contribution in [0.25, 0.3) is 11.0 Å². The number of fused-ring (bicyclic) bond motifs is 1. The van der Waals surface area contributed by atoms with E-state index in [1.165, 1.54) is 23.2 Å². The van der Waals surface area contributed by atoms with E-state index in [0.29, 0.717) is 22.1 Å². The summed E-state index contributed by atoms with van der Waals surface area (Å²) in [5, 5.41) is 4.48. The van der Waals surface area contributed by atoms with Crippen molar-refractivity contribution in [2.45, 2.75) is 6.54 Å². The van der Waals surface area contributed by atoms with Gasteiger partial charge < -0.3 is 0 Å². The molecule has 3 rings (SSSR count). The van der Waals surface area contributed by atoms with Crippen molar-refractivity contribution < 1.29 is 4.39 Å². The maximum absolute atomic E-state index is 13.2. The van der Waals surface area contributed by atoms with Crippen molar-refractivity contribution in [3.8, 4) is 0 Å². The van der Waals surface area contributed by atoms with Crippen molar-refractivity contribution >= 4 is 27.0 Å². The minimum absolute atomic E-state index is 0.163. The Balaban J connectivity index is 2.04. The van der Waals surface area contributed by atoms with Crippen LogP contribution in [-0.2, 0) is 13.6 Å². The minimum Gasteiger partial charge on any atom is -0.294 e. The van der Waals surface area contributed by atoms with Gasteiger partial charge in [0.2, 0.25) is 0 Å². The number of hydrogen-bond donors (Lipinski definition) is 0.